The second-order valence-corrected chi connectivity index (χ2v) is 11.0. The van der Waals surface area contributed by atoms with Crippen LogP contribution in [0.4, 0.5) is 11.4 Å². The van der Waals surface area contributed by atoms with Crippen LogP contribution in [0.2, 0.25) is 0 Å². The third kappa shape index (κ3) is 6.61. The minimum absolute atomic E-state index is 1.08. The summed E-state index contributed by atoms with van der Waals surface area (Å²) in [6.07, 6.45) is 17.7. The molecule has 0 bridgehead atoms. The number of nitrogens with zero attached hydrogens (tertiary/aromatic N) is 3. The monoisotopic (exact) mass is 509 g/mol. The van der Waals surface area contributed by atoms with Crippen molar-refractivity contribution in [2.45, 2.75) is 74.7 Å². The van der Waals surface area contributed by atoms with Gasteiger partial charge in [-0.25, -0.2) is 9.13 Å². The van der Waals surface area contributed by atoms with Gasteiger partial charge in [-0.2, -0.15) is 0 Å². The van der Waals surface area contributed by atoms with E-state index in [9.17, 15) is 0 Å². The van der Waals surface area contributed by atoms with Crippen molar-refractivity contribution in [3.63, 3.8) is 0 Å². The largest absolute Gasteiger partial charge is 0.340 e. The molecular weight excluding hydrogens is 470 g/mol. The summed E-state index contributed by atoms with van der Waals surface area (Å²) in [5.41, 5.74) is 5.30. The van der Waals surface area contributed by atoms with Crippen molar-refractivity contribution >= 4 is 23.1 Å². The number of para-hydroxylation sites is 2. The number of unbranched alkanes of at least 4 members (excludes halogenated alkanes) is 5. The zero-order valence-corrected chi connectivity index (χ0v) is 22.9. The molecule has 190 valence electrons. The number of anilines is 2. The molecule has 0 unspecified atom stereocenters. The van der Waals surface area contributed by atoms with Crippen LogP contribution in [0, 0.1) is 0 Å². The average Bonchev–Trinajstić information content (AvgIpc) is 2.95. The van der Waals surface area contributed by atoms with Crippen LogP contribution in [-0.2, 0) is 13.1 Å². The van der Waals surface area contributed by atoms with E-state index in [1.54, 1.807) is 0 Å². The molecule has 0 saturated heterocycles. The number of benzene rings is 2. The van der Waals surface area contributed by atoms with E-state index in [1.807, 2.05) is 11.8 Å². The molecule has 2 aromatic heterocycles. The number of hydrogen-bond donors (Lipinski definition) is 0. The summed E-state index contributed by atoms with van der Waals surface area (Å²) in [7, 11) is 0. The lowest BCUT2D eigenvalue weighted by atomic mass is 10.1. The van der Waals surface area contributed by atoms with Crippen LogP contribution in [0.1, 0.15) is 51.9 Å². The number of pyridine rings is 2. The van der Waals surface area contributed by atoms with Gasteiger partial charge in [0.25, 0.3) is 0 Å². The minimum atomic E-state index is 1.08. The summed E-state index contributed by atoms with van der Waals surface area (Å²) < 4.78 is 4.57. The lowest BCUT2D eigenvalue weighted by molar-refractivity contribution is -0.697. The highest BCUT2D eigenvalue weighted by Crippen LogP contribution is 2.47. The molecule has 0 spiro atoms. The third-order valence-corrected chi connectivity index (χ3v) is 8.31. The van der Waals surface area contributed by atoms with E-state index in [0.29, 0.717) is 0 Å². The summed E-state index contributed by atoms with van der Waals surface area (Å²) in [4.78, 5) is 5.27. The normalized spacial score (nSPS) is 12.3. The number of hydrogen-bond acceptors (Lipinski definition) is 2. The molecule has 5 rings (SSSR count). The van der Waals surface area contributed by atoms with Gasteiger partial charge in [-0.05, 0) is 48.2 Å². The van der Waals surface area contributed by atoms with Gasteiger partial charge in [-0.3, -0.25) is 0 Å². The smallest absolute Gasteiger partial charge is 0.169 e. The summed E-state index contributed by atoms with van der Waals surface area (Å²) in [5, 5.41) is 0. The van der Waals surface area contributed by atoms with E-state index >= 15 is 0 Å². The first kappa shape index (κ1) is 25.5. The van der Waals surface area contributed by atoms with Crippen LogP contribution >= 0.6 is 11.8 Å². The van der Waals surface area contributed by atoms with Crippen LogP contribution in [0.25, 0.3) is 11.1 Å². The number of aromatic nitrogens is 2. The maximum atomic E-state index is 2.53. The standard InChI is InChI=1S/C33H39N3S/c1-2-21-34-24-17-28(18-25-34)29-19-26-35(27-20-29)22-11-5-3-4-6-12-23-36-30-13-7-9-15-32(30)37-33-16-10-8-14-31(33)36/h7-10,13-20,24-27H,2-6,11-12,21-23H2,1H3/q+2. The van der Waals surface area contributed by atoms with Gasteiger partial charge in [0.2, 0.25) is 0 Å². The Bertz CT molecular complexity index is 1220. The van der Waals surface area contributed by atoms with Crippen molar-refractivity contribution in [2.24, 2.45) is 0 Å². The maximum absolute atomic E-state index is 2.53. The van der Waals surface area contributed by atoms with Gasteiger partial charge < -0.3 is 4.90 Å². The zero-order valence-electron chi connectivity index (χ0n) is 22.1. The fourth-order valence-electron chi connectivity index (χ4n) is 5.15. The Morgan fingerprint density at radius 2 is 1.05 bits per heavy atom. The molecular formula is C33H39N3S+2. The van der Waals surface area contributed by atoms with E-state index in [-0.39, 0.29) is 0 Å². The lowest BCUT2D eigenvalue weighted by Crippen LogP contribution is -2.32. The third-order valence-electron chi connectivity index (χ3n) is 7.18. The summed E-state index contributed by atoms with van der Waals surface area (Å²) in [6.45, 7) is 5.49. The van der Waals surface area contributed by atoms with Gasteiger partial charge in [0, 0.05) is 53.4 Å². The Labute approximate surface area is 226 Å². The van der Waals surface area contributed by atoms with Crippen molar-refractivity contribution in [3.05, 3.63) is 97.6 Å². The fourth-order valence-corrected chi connectivity index (χ4v) is 6.25. The Morgan fingerprint density at radius 3 is 1.62 bits per heavy atom. The molecule has 4 heteroatoms. The van der Waals surface area contributed by atoms with Crippen molar-refractivity contribution in [2.75, 3.05) is 11.4 Å². The van der Waals surface area contributed by atoms with Gasteiger partial charge in [-0.1, -0.05) is 62.2 Å². The SMILES string of the molecule is CCC[n+]1ccc(-c2cc[n+](CCCCCCCCN3c4ccccc4Sc4ccccc43)cc2)cc1. The first-order valence-corrected chi connectivity index (χ1v) is 14.8. The number of aryl methyl sites for hydroxylation is 2. The Balaban J connectivity index is 1.01. The van der Waals surface area contributed by atoms with Gasteiger partial charge in [0.15, 0.2) is 24.8 Å². The molecule has 0 aliphatic carbocycles. The van der Waals surface area contributed by atoms with Crippen LogP contribution < -0.4 is 14.0 Å². The van der Waals surface area contributed by atoms with E-state index in [1.165, 1.54) is 70.8 Å². The quantitative estimate of drug-likeness (QED) is 0.142. The fraction of sp³-hybridized carbons (Fsp3) is 0.333. The molecule has 1 aliphatic rings. The first-order valence-electron chi connectivity index (χ1n) is 13.9. The highest BCUT2D eigenvalue weighted by molar-refractivity contribution is 7.99. The van der Waals surface area contributed by atoms with Gasteiger partial charge >= 0.3 is 0 Å². The van der Waals surface area contributed by atoms with E-state index in [2.05, 4.69) is 119 Å². The molecule has 0 atom stereocenters. The minimum Gasteiger partial charge on any atom is -0.340 e. The van der Waals surface area contributed by atoms with E-state index in [4.69, 9.17) is 0 Å². The van der Waals surface area contributed by atoms with Crippen molar-refractivity contribution in [1.82, 2.24) is 0 Å². The second-order valence-electron chi connectivity index (χ2n) is 9.96. The molecule has 3 heterocycles. The summed E-state index contributed by atoms with van der Waals surface area (Å²) in [6, 6.07) is 26.6. The zero-order chi connectivity index (χ0) is 25.3. The summed E-state index contributed by atoms with van der Waals surface area (Å²) in [5.74, 6) is 0. The lowest BCUT2D eigenvalue weighted by Gasteiger charge is -2.32. The molecule has 0 N–H and O–H groups in total. The molecule has 2 aromatic carbocycles. The van der Waals surface area contributed by atoms with Crippen molar-refractivity contribution < 1.29 is 9.13 Å². The predicted octanol–water partition coefficient (Wildman–Crippen LogP) is 7.98. The Kier molecular flexibility index (Phi) is 8.91. The second kappa shape index (κ2) is 12.9. The van der Waals surface area contributed by atoms with Crippen molar-refractivity contribution in [3.8, 4) is 11.1 Å². The van der Waals surface area contributed by atoms with Crippen LogP contribution in [-0.4, -0.2) is 6.54 Å². The van der Waals surface area contributed by atoms with Gasteiger partial charge in [0.1, 0.15) is 13.1 Å². The Morgan fingerprint density at radius 1 is 0.568 bits per heavy atom. The molecule has 3 nitrogen and oxygen atoms in total. The highest BCUT2D eigenvalue weighted by Gasteiger charge is 2.22. The molecule has 0 saturated carbocycles. The first-order chi connectivity index (χ1) is 18.3. The molecule has 4 aromatic rings. The van der Waals surface area contributed by atoms with Crippen LogP contribution in [0.5, 0.6) is 0 Å². The molecule has 0 fully saturated rings. The number of fused-ring (bicyclic) bond motifs is 2. The molecule has 37 heavy (non-hydrogen) atoms. The van der Waals surface area contributed by atoms with Gasteiger partial charge in [-0.15, -0.1) is 0 Å². The maximum Gasteiger partial charge on any atom is 0.169 e. The predicted molar refractivity (Wildman–Crippen MR) is 154 cm³/mol. The van der Waals surface area contributed by atoms with Gasteiger partial charge in [0.05, 0.1) is 11.4 Å². The van der Waals surface area contributed by atoms with Crippen LogP contribution in [0.15, 0.2) is 107 Å². The van der Waals surface area contributed by atoms with E-state index < -0.39 is 0 Å². The average molecular weight is 510 g/mol. The van der Waals surface area contributed by atoms with Crippen LogP contribution in [0.3, 0.4) is 0 Å². The highest BCUT2D eigenvalue weighted by atomic mass is 32.2. The molecule has 1 aliphatic heterocycles. The summed E-state index contributed by atoms with van der Waals surface area (Å²) >= 11 is 1.89. The van der Waals surface area contributed by atoms with Crippen molar-refractivity contribution in [1.29, 1.82) is 0 Å². The topological polar surface area (TPSA) is 11.0 Å². The Hall–Kier alpha value is -3.11. The van der Waals surface area contributed by atoms with E-state index in [0.717, 1.165) is 26.1 Å². The molecule has 0 amide bonds. The number of rotatable bonds is 12. The molecule has 0 radical (unpaired) electrons.